The highest BCUT2D eigenvalue weighted by molar-refractivity contribution is 7.89. The summed E-state index contributed by atoms with van der Waals surface area (Å²) in [5, 5.41) is 18.4. The minimum absolute atomic E-state index is 0.0316. The van der Waals surface area contributed by atoms with E-state index in [0.717, 1.165) is 16.4 Å². The molecule has 1 aliphatic heterocycles. The SMILES string of the molecule is Nc1ccc(C(=O)O)c(S(=O)(=O)N2CC[C@@H](O)C2)c1. The monoisotopic (exact) mass is 286 g/mol. The highest BCUT2D eigenvalue weighted by Gasteiger charge is 2.34. The van der Waals surface area contributed by atoms with Crippen LogP contribution in [0.2, 0.25) is 0 Å². The molecule has 1 aromatic carbocycles. The molecule has 4 N–H and O–H groups in total. The third-order valence-corrected chi connectivity index (χ3v) is 4.89. The van der Waals surface area contributed by atoms with Crippen molar-refractivity contribution in [1.29, 1.82) is 0 Å². The number of benzene rings is 1. The maximum absolute atomic E-state index is 12.4. The molecule has 1 aromatic rings. The number of aliphatic hydroxyl groups is 1. The lowest BCUT2D eigenvalue weighted by molar-refractivity contribution is 0.0692. The molecule has 0 saturated carbocycles. The van der Waals surface area contributed by atoms with Crippen LogP contribution in [0.3, 0.4) is 0 Å². The quantitative estimate of drug-likeness (QED) is 0.657. The number of hydrogen-bond donors (Lipinski definition) is 3. The van der Waals surface area contributed by atoms with Crippen LogP contribution in [-0.2, 0) is 10.0 Å². The van der Waals surface area contributed by atoms with Gasteiger partial charge >= 0.3 is 5.97 Å². The molecule has 0 unspecified atom stereocenters. The molecule has 7 nitrogen and oxygen atoms in total. The fourth-order valence-electron chi connectivity index (χ4n) is 2.00. The first-order valence-electron chi connectivity index (χ1n) is 5.63. The Labute approximate surface area is 110 Å². The van der Waals surface area contributed by atoms with E-state index in [1.165, 1.54) is 6.07 Å². The van der Waals surface area contributed by atoms with Crippen molar-refractivity contribution >= 4 is 21.7 Å². The van der Waals surface area contributed by atoms with Crippen LogP contribution >= 0.6 is 0 Å². The minimum Gasteiger partial charge on any atom is -0.478 e. The minimum atomic E-state index is -3.96. The smallest absolute Gasteiger partial charge is 0.337 e. The lowest BCUT2D eigenvalue weighted by Crippen LogP contribution is -2.31. The number of hydrogen-bond acceptors (Lipinski definition) is 5. The van der Waals surface area contributed by atoms with Gasteiger partial charge < -0.3 is 15.9 Å². The number of nitrogens with two attached hydrogens (primary N) is 1. The standard InChI is InChI=1S/C11H14N2O5S/c12-7-1-2-9(11(15)16)10(5-7)19(17,18)13-4-3-8(14)6-13/h1-2,5,8,14H,3-4,6,12H2,(H,15,16)/t8-/m1/s1. The fourth-order valence-corrected chi connectivity index (χ4v) is 3.71. The van der Waals surface area contributed by atoms with E-state index in [9.17, 15) is 18.3 Å². The third kappa shape index (κ3) is 2.55. The number of aromatic carboxylic acids is 1. The van der Waals surface area contributed by atoms with Crippen molar-refractivity contribution in [1.82, 2.24) is 4.31 Å². The summed E-state index contributed by atoms with van der Waals surface area (Å²) in [4.78, 5) is 10.7. The van der Waals surface area contributed by atoms with E-state index in [4.69, 9.17) is 10.8 Å². The van der Waals surface area contributed by atoms with Gasteiger partial charge in [0.2, 0.25) is 10.0 Å². The molecule has 19 heavy (non-hydrogen) atoms. The summed E-state index contributed by atoms with van der Waals surface area (Å²) in [5.74, 6) is -1.33. The molecule has 1 aliphatic rings. The van der Waals surface area contributed by atoms with Gasteiger partial charge in [0.1, 0.15) is 0 Å². The summed E-state index contributed by atoms with van der Waals surface area (Å²) in [6.45, 7) is 0.132. The Kier molecular flexibility index (Phi) is 3.48. The van der Waals surface area contributed by atoms with Gasteiger partial charge in [-0.3, -0.25) is 0 Å². The van der Waals surface area contributed by atoms with E-state index < -0.39 is 22.1 Å². The lowest BCUT2D eigenvalue weighted by Gasteiger charge is -2.17. The second-order valence-corrected chi connectivity index (χ2v) is 6.27. The second-order valence-electron chi connectivity index (χ2n) is 4.37. The van der Waals surface area contributed by atoms with Crippen LogP contribution in [0, 0.1) is 0 Å². The molecule has 0 amide bonds. The van der Waals surface area contributed by atoms with Gasteiger partial charge in [0.25, 0.3) is 0 Å². The number of anilines is 1. The van der Waals surface area contributed by atoms with Crippen molar-refractivity contribution in [2.75, 3.05) is 18.8 Å². The lowest BCUT2D eigenvalue weighted by atomic mass is 10.2. The van der Waals surface area contributed by atoms with E-state index in [-0.39, 0.29) is 29.2 Å². The van der Waals surface area contributed by atoms with E-state index >= 15 is 0 Å². The van der Waals surface area contributed by atoms with Crippen LogP contribution in [0.4, 0.5) is 5.69 Å². The molecule has 2 rings (SSSR count). The first-order chi connectivity index (χ1) is 8.82. The zero-order chi connectivity index (χ0) is 14.2. The fraction of sp³-hybridized carbons (Fsp3) is 0.364. The van der Waals surface area contributed by atoms with E-state index in [0.29, 0.717) is 6.42 Å². The normalized spacial score (nSPS) is 20.6. The summed E-state index contributed by atoms with van der Waals surface area (Å²) in [5.41, 5.74) is 5.37. The number of aliphatic hydroxyl groups excluding tert-OH is 1. The van der Waals surface area contributed by atoms with Crippen LogP contribution in [0.15, 0.2) is 23.1 Å². The van der Waals surface area contributed by atoms with Crippen LogP contribution in [-0.4, -0.2) is 48.1 Å². The van der Waals surface area contributed by atoms with Gasteiger partial charge in [-0.25, -0.2) is 13.2 Å². The molecule has 1 saturated heterocycles. The van der Waals surface area contributed by atoms with Crippen LogP contribution in [0.25, 0.3) is 0 Å². The van der Waals surface area contributed by atoms with Gasteiger partial charge in [0.05, 0.1) is 16.6 Å². The average Bonchev–Trinajstić information content (AvgIpc) is 2.76. The highest BCUT2D eigenvalue weighted by Crippen LogP contribution is 2.26. The average molecular weight is 286 g/mol. The summed E-state index contributed by atoms with van der Waals surface area (Å²) >= 11 is 0. The Morgan fingerprint density at radius 2 is 2.11 bits per heavy atom. The molecule has 0 bridgehead atoms. The number of carboxylic acid groups (broad SMARTS) is 1. The number of nitrogens with zero attached hydrogens (tertiary/aromatic N) is 1. The van der Waals surface area contributed by atoms with E-state index in [2.05, 4.69) is 0 Å². The number of carboxylic acids is 1. The Bertz CT molecular complexity index is 614. The van der Waals surface area contributed by atoms with Gasteiger partial charge in [0.15, 0.2) is 0 Å². The first kappa shape index (κ1) is 13.8. The summed E-state index contributed by atoms with van der Waals surface area (Å²) in [6.07, 6.45) is -0.381. The predicted octanol–water partition coefficient (Wildman–Crippen LogP) is -0.278. The molecule has 1 heterocycles. The molecule has 104 valence electrons. The predicted molar refractivity (Wildman–Crippen MR) is 67.2 cm³/mol. The zero-order valence-corrected chi connectivity index (χ0v) is 10.8. The van der Waals surface area contributed by atoms with Gasteiger partial charge in [-0.1, -0.05) is 0 Å². The Morgan fingerprint density at radius 3 is 2.63 bits per heavy atom. The van der Waals surface area contributed by atoms with Crippen LogP contribution in [0.5, 0.6) is 0 Å². The number of sulfonamides is 1. The summed E-state index contributed by atoms with van der Waals surface area (Å²) in [6, 6.07) is 3.63. The highest BCUT2D eigenvalue weighted by atomic mass is 32.2. The van der Waals surface area contributed by atoms with Gasteiger partial charge in [0, 0.05) is 18.8 Å². The third-order valence-electron chi connectivity index (χ3n) is 2.98. The van der Waals surface area contributed by atoms with Gasteiger partial charge in [-0.05, 0) is 24.6 Å². The van der Waals surface area contributed by atoms with Crippen molar-refractivity contribution in [2.24, 2.45) is 0 Å². The van der Waals surface area contributed by atoms with Gasteiger partial charge in [-0.2, -0.15) is 4.31 Å². The molecular weight excluding hydrogens is 272 g/mol. The van der Waals surface area contributed by atoms with Crippen molar-refractivity contribution in [3.63, 3.8) is 0 Å². The summed E-state index contributed by atoms with van der Waals surface area (Å²) in [7, 11) is -3.96. The molecule has 8 heteroatoms. The molecule has 0 spiro atoms. The van der Waals surface area contributed by atoms with E-state index in [1.54, 1.807) is 0 Å². The molecular formula is C11H14N2O5S. The number of carbonyl (C=O) groups is 1. The van der Waals surface area contributed by atoms with E-state index in [1.807, 2.05) is 0 Å². The second kappa shape index (κ2) is 4.80. The topological polar surface area (TPSA) is 121 Å². The Balaban J connectivity index is 2.51. The maximum atomic E-state index is 12.4. The Morgan fingerprint density at radius 1 is 1.42 bits per heavy atom. The van der Waals surface area contributed by atoms with Crippen molar-refractivity contribution in [2.45, 2.75) is 17.4 Å². The Hall–Kier alpha value is -1.64. The number of rotatable bonds is 3. The molecule has 1 fully saturated rings. The van der Waals surface area contributed by atoms with Crippen molar-refractivity contribution < 1.29 is 23.4 Å². The van der Waals surface area contributed by atoms with Crippen LogP contribution < -0.4 is 5.73 Å². The molecule has 0 aromatic heterocycles. The summed E-state index contributed by atoms with van der Waals surface area (Å²) < 4.78 is 25.8. The number of nitrogen functional groups attached to an aromatic ring is 1. The first-order valence-corrected chi connectivity index (χ1v) is 7.07. The number of β-amino-alcohol motifs (C(OH)–C–C–N with tert-alkyl or cyclic N) is 1. The van der Waals surface area contributed by atoms with Crippen LogP contribution in [0.1, 0.15) is 16.8 Å². The molecule has 1 atom stereocenters. The molecule has 0 radical (unpaired) electrons. The van der Waals surface area contributed by atoms with Gasteiger partial charge in [-0.15, -0.1) is 0 Å². The largest absolute Gasteiger partial charge is 0.478 e. The van der Waals surface area contributed by atoms with Crippen molar-refractivity contribution in [3.8, 4) is 0 Å². The van der Waals surface area contributed by atoms with Crippen molar-refractivity contribution in [3.05, 3.63) is 23.8 Å². The maximum Gasteiger partial charge on any atom is 0.337 e. The zero-order valence-electron chi connectivity index (χ0n) is 9.98. The molecule has 0 aliphatic carbocycles.